The van der Waals surface area contributed by atoms with Gasteiger partial charge in [0.1, 0.15) is 11.5 Å². The summed E-state index contributed by atoms with van der Waals surface area (Å²) in [5.41, 5.74) is 1.54. The second-order valence-electron chi connectivity index (χ2n) is 5.74. The average Bonchev–Trinajstić information content (AvgIpc) is 3.40. The number of ether oxygens (including phenoxy) is 2. The van der Waals surface area contributed by atoms with Gasteiger partial charge >= 0.3 is 11.8 Å². The van der Waals surface area contributed by atoms with Crippen molar-refractivity contribution in [1.82, 2.24) is 20.4 Å². The van der Waals surface area contributed by atoms with Crippen molar-refractivity contribution in [2.75, 3.05) is 13.2 Å². The summed E-state index contributed by atoms with van der Waals surface area (Å²) in [5.74, 6) is 2.60. The van der Waals surface area contributed by atoms with Gasteiger partial charge in [-0.2, -0.15) is 0 Å². The topological polar surface area (TPSA) is 96.3 Å². The Hall–Kier alpha value is -3.68. The van der Waals surface area contributed by atoms with Gasteiger partial charge in [-0.3, -0.25) is 0 Å². The van der Waals surface area contributed by atoms with Crippen molar-refractivity contribution in [1.29, 1.82) is 0 Å². The lowest BCUT2D eigenvalue weighted by Crippen LogP contribution is -1.90. The fourth-order valence-corrected chi connectivity index (χ4v) is 2.57. The largest absolute Gasteiger partial charge is 0.494 e. The van der Waals surface area contributed by atoms with Crippen LogP contribution in [0.1, 0.15) is 13.8 Å². The van der Waals surface area contributed by atoms with Crippen LogP contribution >= 0.6 is 0 Å². The molecule has 0 N–H and O–H groups in total. The van der Waals surface area contributed by atoms with Gasteiger partial charge in [-0.05, 0) is 62.4 Å². The fraction of sp³-hybridized carbons (Fsp3) is 0.200. The van der Waals surface area contributed by atoms with Crippen molar-refractivity contribution in [3.05, 3.63) is 48.5 Å². The predicted molar refractivity (Wildman–Crippen MR) is 101 cm³/mol. The summed E-state index contributed by atoms with van der Waals surface area (Å²) in [7, 11) is 0. The standard InChI is InChI=1S/C20H18N4O4/c1-3-25-15-9-5-13(6-10-15)17-21-23-19(27-17)20-24-22-18(28-20)14-7-11-16(12-8-14)26-4-2/h5-12H,3-4H2,1-2H3. The molecule has 4 rings (SSSR count). The quantitative estimate of drug-likeness (QED) is 0.471. The van der Waals surface area contributed by atoms with Gasteiger partial charge < -0.3 is 18.3 Å². The Labute approximate surface area is 161 Å². The summed E-state index contributed by atoms with van der Waals surface area (Å²) in [4.78, 5) is 0. The van der Waals surface area contributed by atoms with Crippen LogP contribution in [0.5, 0.6) is 11.5 Å². The van der Waals surface area contributed by atoms with Crippen molar-refractivity contribution in [3.8, 4) is 46.2 Å². The maximum Gasteiger partial charge on any atom is 0.306 e. The molecule has 0 amide bonds. The molecule has 0 aliphatic heterocycles. The van der Waals surface area contributed by atoms with Gasteiger partial charge in [0.15, 0.2) is 0 Å². The monoisotopic (exact) mass is 378 g/mol. The average molecular weight is 378 g/mol. The summed E-state index contributed by atoms with van der Waals surface area (Å²) >= 11 is 0. The van der Waals surface area contributed by atoms with Crippen molar-refractivity contribution in [2.24, 2.45) is 0 Å². The van der Waals surface area contributed by atoms with Gasteiger partial charge in [0, 0.05) is 11.1 Å². The van der Waals surface area contributed by atoms with Crippen LogP contribution in [0, 0.1) is 0 Å². The first-order valence-electron chi connectivity index (χ1n) is 8.90. The van der Waals surface area contributed by atoms with E-state index >= 15 is 0 Å². The van der Waals surface area contributed by atoms with E-state index in [1.807, 2.05) is 62.4 Å². The zero-order valence-corrected chi connectivity index (χ0v) is 15.5. The van der Waals surface area contributed by atoms with Crippen molar-refractivity contribution in [3.63, 3.8) is 0 Å². The molecule has 2 aromatic heterocycles. The van der Waals surface area contributed by atoms with E-state index in [0.717, 1.165) is 22.6 Å². The molecule has 4 aromatic rings. The summed E-state index contributed by atoms with van der Waals surface area (Å²) in [6, 6.07) is 14.8. The fourth-order valence-electron chi connectivity index (χ4n) is 2.57. The highest BCUT2D eigenvalue weighted by molar-refractivity contribution is 5.57. The van der Waals surface area contributed by atoms with Crippen LogP contribution in [0.25, 0.3) is 34.7 Å². The highest BCUT2D eigenvalue weighted by Gasteiger charge is 2.17. The first-order chi connectivity index (χ1) is 13.8. The molecule has 0 aliphatic rings. The van der Waals surface area contributed by atoms with E-state index in [-0.39, 0.29) is 11.8 Å². The van der Waals surface area contributed by atoms with Crippen LogP contribution in [0.15, 0.2) is 57.4 Å². The molecule has 8 nitrogen and oxygen atoms in total. The van der Waals surface area contributed by atoms with Gasteiger partial charge in [-0.15, -0.1) is 20.4 Å². The molecule has 28 heavy (non-hydrogen) atoms. The van der Waals surface area contributed by atoms with Crippen LogP contribution in [-0.4, -0.2) is 33.6 Å². The molecular weight excluding hydrogens is 360 g/mol. The third kappa shape index (κ3) is 3.71. The van der Waals surface area contributed by atoms with E-state index in [1.54, 1.807) is 0 Å². The first kappa shape index (κ1) is 17.7. The molecule has 2 aromatic carbocycles. The Balaban J connectivity index is 1.53. The minimum absolute atomic E-state index is 0.161. The molecule has 0 bridgehead atoms. The van der Waals surface area contributed by atoms with Crippen molar-refractivity contribution >= 4 is 0 Å². The normalized spacial score (nSPS) is 10.8. The molecule has 0 unspecified atom stereocenters. The molecule has 142 valence electrons. The smallest absolute Gasteiger partial charge is 0.306 e. The van der Waals surface area contributed by atoms with E-state index in [4.69, 9.17) is 18.3 Å². The zero-order chi connectivity index (χ0) is 19.3. The van der Waals surface area contributed by atoms with Gasteiger partial charge in [0.25, 0.3) is 0 Å². The van der Waals surface area contributed by atoms with Crippen LogP contribution in [0.2, 0.25) is 0 Å². The molecule has 0 radical (unpaired) electrons. The minimum Gasteiger partial charge on any atom is -0.494 e. The number of hydrogen-bond donors (Lipinski definition) is 0. The molecule has 2 heterocycles. The Kier molecular flexibility index (Phi) is 5.01. The molecular formula is C20H18N4O4. The molecule has 0 aliphatic carbocycles. The summed E-state index contributed by atoms with van der Waals surface area (Å²) < 4.78 is 22.2. The van der Waals surface area contributed by atoms with E-state index in [0.29, 0.717) is 25.0 Å². The highest BCUT2D eigenvalue weighted by Crippen LogP contribution is 2.27. The third-order valence-electron chi connectivity index (χ3n) is 3.86. The molecule has 0 saturated carbocycles. The number of benzene rings is 2. The van der Waals surface area contributed by atoms with Crippen molar-refractivity contribution < 1.29 is 18.3 Å². The van der Waals surface area contributed by atoms with Crippen LogP contribution in [0.3, 0.4) is 0 Å². The van der Waals surface area contributed by atoms with E-state index < -0.39 is 0 Å². The van der Waals surface area contributed by atoms with E-state index in [1.165, 1.54) is 0 Å². The SMILES string of the molecule is CCOc1ccc(-c2nnc(-c3nnc(-c4ccc(OCC)cc4)o3)o2)cc1. The van der Waals surface area contributed by atoms with Gasteiger partial charge in [0.2, 0.25) is 11.8 Å². The third-order valence-corrected chi connectivity index (χ3v) is 3.86. The number of aromatic nitrogens is 4. The maximum absolute atomic E-state index is 5.68. The molecule has 0 fully saturated rings. The second kappa shape index (κ2) is 7.91. The van der Waals surface area contributed by atoms with Gasteiger partial charge in [0.05, 0.1) is 13.2 Å². The Bertz CT molecular complexity index is 953. The number of nitrogens with zero attached hydrogens (tertiary/aromatic N) is 4. The second-order valence-corrected chi connectivity index (χ2v) is 5.74. The summed E-state index contributed by atoms with van der Waals surface area (Å²) in [6.07, 6.45) is 0. The summed E-state index contributed by atoms with van der Waals surface area (Å²) in [5, 5.41) is 16.1. The predicted octanol–water partition coefficient (Wildman–Crippen LogP) is 4.25. The first-order valence-corrected chi connectivity index (χ1v) is 8.90. The Morgan fingerprint density at radius 3 is 1.29 bits per heavy atom. The molecule has 0 spiro atoms. The summed E-state index contributed by atoms with van der Waals surface area (Å²) in [6.45, 7) is 5.09. The maximum atomic E-state index is 5.68. The highest BCUT2D eigenvalue weighted by atomic mass is 16.5. The van der Waals surface area contributed by atoms with Crippen LogP contribution in [-0.2, 0) is 0 Å². The number of hydrogen-bond acceptors (Lipinski definition) is 8. The molecule has 0 atom stereocenters. The van der Waals surface area contributed by atoms with Crippen LogP contribution in [0.4, 0.5) is 0 Å². The zero-order valence-electron chi connectivity index (χ0n) is 15.5. The lowest BCUT2D eigenvalue weighted by atomic mass is 10.2. The lowest BCUT2D eigenvalue weighted by Gasteiger charge is -2.02. The number of rotatable bonds is 7. The Morgan fingerprint density at radius 2 is 0.929 bits per heavy atom. The van der Waals surface area contributed by atoms with Crippen LogP contribution < -0.4 is 9.47 Å². The molecule has 8 heteroatoms. The Morgan fingerprint density at radius 1 is 0.571 bits per heavy atom. The van der Waals surface area contributed by atoms with Crippen molar-refractivity contribution in [2.45, 2.75) is 13.8 Å². The minimum atomic E-state index is 0.161. The lowest BCUT2D eigenvalue weighted by molar-refractivity contribution is 0.340. The van der Waals surface area contributed by atoms with Gasteiger partial charge in [-0.1, -0.05) is 0 Å². The van der Waals surface area contributed by atoms with E-state index in [2.05, 4.69) is 20.4 Å². The van der Waals surface area contributed by atoms with E-state index in [9.17, 15) is 0 Å². The molecule has 0 saturated heterocycles. The van der Waals surface area contributed by atoms with Gasteiger partial charge in [-0.25, -0.2) is 0 Å².